The van der Waals surface area contributed by atoms with Gasteiger partial charge in [-0.25, -0.2) is 9.78 Å². The summed E-state index contributed by atoms with van der Waals surface area (Å²) in [6.45, 7) is 1.43. The highest BCUT2D eigenvalue weighted by Crippen LogP contribution is 2.10. The summed E-state index contributed by atoms with van der Waals surface area (Å²) >= 11 is 0. The van der Waals surface area contributed by atoms with Crippen molar-refractivity contribution in [1.29, 1.82) is 0 Å². The molecular weight excluding hydrogens is 300 g/mol. The maximum atomic E-state index is 12.0. The highest BCUT2D eigenvalue weighted by Gasteiger charge is 2.19. The molecule has 0 radical (unpaired) electrons. The molecule has 8 heteroatoms. The molecule has 1 atom stereocenters. The summed E-state index contributed by atoms with van der Waals surface area (Å²) in [5.41, 5.74) is 5.91. The topological polar surface area (TPSA) is 124 Å². The second-order valence-corrected chi connectivity index (χ2v) is 4.57. The molecular formula is C15H14N4O4. The van der Waals surface area contributed by atoms with Crippen molar-refractivity contribution in [2.45, 2.75) is 13.0 Å². The zero-order valence-corrected chi connectivity index (χ0v) is 12.2. The van der Waals surface area contributed by atoms with Crippen LogP contribution in [0.1, 0.15) is 27.8 Å². The maximum Gasteiger partial charge on any atom is 0.359 e. The van der Waals surface area contributed by atoms with Crippen molar-refractivity contribution in [2.75, 3.05) is 5.32 Å². The number of aromatic nitrogens is 2. The molecule has 0 aliphatic carbocycles. The van der Waals surface area contributed by atoms with Crippen molar-refractivity contribution in [3.63, 3.8) is 0 Å². The molecule has 8 nitrogen and oxygen atoms in total. The standard InChI is InChI=1S/C15H14N4O4/c1-9(23-15(22)12-8-17-6-7-18-12)14(21)19-11-4-2-10(3-5-11)13(16)20/h2-9H,1H3,(H2,16,20)(H,19,21)/t9-/m1/s1. The zero-order chi connectivity index (χ0) is 16.8. The van der Waals surface area contributed by atoms with Gasteiger partial charge in [-0.05, 0) is 31.2 Å². The maximum absolute atomic E-state index is 12.0. The SMILES string of the molecule is C[C@@H](OC(=O)c1cnccn1)C(=O)Nc1ccc(C(N)=O)cc1. The number of nitrogens with two attached hydrogens (primary N) is 1. The van der Waals surface area contributed by atoms with Crippen LogP contribution in [-0.4, -0.2) is 33.9 Å². The molecule has 1 aromatic heterocycles. The molecule has 0 bridgehead atoms. The van der Waals surface area contributed by atoms with Gasteiger partial charge in [0.1, 0.15) is 0 Å². The lowest BCUT2D eigenvalue weighted by atomic mass is 10.2. The normalized spacial score (nSPS) is 11.3. The molecule has 0 saturated heterocycles. The number of anilines is 1. The molecule has 0 spiro atoms. The van der Waals surface area contributed by atoms with Crippen LogP contribution < -0.4 is 11.1 Å². The van der Waals surface area contributed by atoms with E-state index in [0.29, 0.717) is 11.3 Å². The zero-order valence-electron chi connectivity index (χ0n) is 12.2. The Balaban J connectivity index is 1.94. The smallest absolute Gasteiger partial charge is 0.359 e. The first-order valence-corrected chi connectivity index (χ1v) is 6.65. The quantitative estimate of drug-likeness (QED) is 0.785. The van der Waals surface area contributed by atoms with E-state index in [1.165, 1.54) is 49.8 Å². The lowest BCUT2D eigenvalue weighted by Gasteiger charge is -2.13. The number of esters is 1. The van der Waals surface area contributed by atoms with Gasteiger partial charge < -0.3 is 15.8 Å². The van der Waals surface area contributed by atoms with Crippen LogP contribution in [0, 0.1) is 0 Å². The highest BCUT2D eigenvalue weighted by molar-refractivity contribution is 5.97. The van der Waals surface area contributed by atoms with Crippen LogP contribution in [0.25, 0.3) is 0 Å². The Labute approximate surface area is 131 Å². The number of nitrogens with one attached hydrogen (secondary N) is 1. The number of amides is 2. The number of rotatable bonds is 5. The molecule has 23 heavy (non-hydrogen) atoms. The second kappa shape index (κ2) is 7.12. The van der Waals surface area contributed by atoms with Crippen LogP contribution in [0.2, 0.25) is 0 Å². The van der Waals surface area contributed by atoms with Crippen molar-refractivity contribution < 1.29 is 19.1 Å². The van der Waals surface area contributed by atoms with Crippen molar-refractivity contribution in [3.8, 4) is 0 Å². The van der Waals surface area contributed by atoms with Gasteiger partial charge >= 0.3 is 5.97 Å². The van der Waals surface area contributed by atoms with E-state index in [-0.39, 0.29) is 5.69 Å². The minimum Gasteiger partial charge on any atom is -0.448 e. The third kappa shape index (κ3) is 4.34. The van der Waals surface area contributed by atoms with E-state index >= 15 is 0 Å². The van der Waals surface area contributed by atoms with E-state index in [1.807, 2.05) is 0 Å². The fourth-order valence-electron chi connectivity index (χ4n) is 1.64. The number of hydrogen-bond donors (Lipinski definition) is 2. The molecule has 1 heterocycles. The molecule has 0 unspecified atom stereocenters. The van der Waals surface area contributed by atoms with Crippen LogP contribution >= 0.6 is 0 Å². The molecule has 2 aromatic rings. The molecule has 0 aliphatic heterocycles. The van der Waals surface area contributed by atoms with E-state index in [1.54, 1.807) is 0 Å². The summed E-state index contributed by atoms with van der Waals surface area (Å²) in [5, 5.41) is 2.56. The van der Waals surface area contributed by atoms with Crippen molar-refractivity contribution in [2.24, 2.45) is 5.73 Å². The van der Waals surface area contributed by atoms with Crippen LogP contribution in [0.15, 0.2) is 42.9 Å². The van der Waals surface area contributed by atoms with Gasteiger partial charge in [0.25, 0.3) is 5.91 Å². The monoisotopic (exact) mass is 314 g/mol. The lowest BCUT2D eigenvalue weighted by Crippen LogP contribution is -2.30. The van der Waals surface area contributed by atoms with E-state index in [9.17, 15) is 14.4 Å². The highest BCUT2D eigenvalue weighted by atomic mass is 16.5. The van der Waals surface area contributed by atoms with E-state index in [2.05, 4.69) is 15.3 Å². The average molecular weight is 314 g/mol. The number of carbonyl (C=O) groups is 3. The van der Waals surface area contributed by atoms with Gasteiger partial charge in [-0.3, -0.25) is 14.6 Å². The first kappa shape index (κ1) is 16.1. The molecule has 0 saturated carbocycles. The van der Waals surface area contributed by atoms with Gasteiger partial charge in [-0.15, -0.1) is 0 Å². The number of carbonyl (C=O) groups excluding carboxylic acids is 3. The summed E-state index contributed by atoms with van der Waals surface area (Å²) in [7, 11) is 0. The predicted octanol–water partition coefficient (Wildman–Crippen LogP) is 0.759. The Morgan fingerprint density at radius 2 is 1.87 bits per heavy atom. The molecule has 1 aromatic carbocycles. The molecule has 2 amide bonds. The minimum absolute atomic E-state index is 0.0120. The average Bonchev–Trinajstić information content (AvgIpc) is 2.56. The lowest BCUT2D eigenvalue weighted by molar-refractivity contribution is -0.123. The minimum atomic E-state index is -1.03. The van der Waals surface area contributed by atoms with Crippen molar-refractivity contribution in [3.05, 3.63) is 54.1 Å². The Kier molecular flexibility index (Phi) is 4.98. The number of nitrogens with zero attached hydrogens (tertiary/aromatic N) is 2. The number of benzene rings is 1. The fourth-order valence-corrected chi connectivity index (χ4v) is 1.64. The van der Waals surface area contributed by atoms with Crippen molar-refractivity contribution in [1.82, 2.24) is 9.97 Å². The molecule has 2 rings (SSSR count). The van der Waals surface area contributed by atoms with Crippen LogP contribution in [0.4, 0.5) is 5.69 Å². The molecule has 0 aliphatic rings. The number of hydrogen-bond acceptors (Lipinski definition) is 6. The van der Waals surface area contributed by atoms with Crippen LogP contribution in [-0.2, 0) is 9.53 Å². The third-order valence-electron chi connectivity index (χ3n) is 2.86. The summed E-state index contributed by atoms with van der Waals surface area (Å²) in [6, 6.07) is 6.01. The van der Waals surface area contributed by atoms with E-state index in [4.69, 9.17) is 10.5 Å². The van der Waals surface area contributed by atoms with E-state index < -0.39 is 23.9 Å². The third-order valence-corrected chi connectivity index (χ3v) is 2.86. The predicted molar refractivity (Wildman–Crippen MR) is 80.5 cm³/mol. The van der Waals surface area contributed by atoms with Gasteiger partial charge in [0.15, 0.2) is 11.8 Å². The van der Waals surface area contributed by atoms with Gasteiger partial charge in [0.05, 0.1) is 6.20 Å². The van der Waals surface area contributed by atoms with Gasteiger partial charge in [-0.1, -0.05) is 0 Å². The first-order valence-electron chi connectivity index (χ1n) is 6.65. The summed E-state index contributed by atoms with van der Waals surface area (Å²) in [4.78, 5) is 42.3. The van der Waals surface area contributed by atoms with Gasteiger partial charge in [0.2, 0.25) is 5.91 Å². The number of ether oxygens (including phenoxy) is 1. The largest absolute Gasteiger partial charge is 0.448 e. The van der Waals surface area contributed by atoms with Crippen LogP contribution in [0.3, 0.4) is 0 Å². The van der Waals surface area contributed by atoms with Crippen molar-refractivity contribution >= 4 is 23.5 Å². The van der Waals surface area contributed by atoms with Gasteiger partial charge in [-0.2, -0.15) is 0 Å². The Morgan fingerprint density at radius 1 is 1.17 bits per heavy atom. The van der Waals surface area contributed by atoms with E-state index in [0.717, 1.165) is 0 Å². The molecule has 0 fully saturated rings. The second-order valence-electron chi connectivity index (χ2n) is 4.57. The Bertz CT molecular complexity index is 716. The number of primary amides is 1. The van der Waals surface area contributed by atoms with Gasteiger partial charge in [0, 0.05) is 23.6 Å². The molecule has 118 valence electrons. The van der Waals surface area contributed by atoms with Crippen LogP contribution in [0.5, 0.6) is 0 Å². The summed E-state index contributed by atoms with van der Waals surface area (Å²) in [5.74, 6) is -1.83. The summed E-state index contributed by atoms with van der Waals surface area (Å²) < 4.78 is 5.00. The summed E-state index contributed by atoms with van der Waals surface area (Å²) in [6.07, 6.45) is 2.99. The molecule has 3 N–H and O–H groups in total. The first-order chi connectivity index (χ1) is 11.0. The Morgan fingerprint density at radius 3 is 2.43 bits per heavy atom. The fraction of sp³-hybridized carbons (Fsp3) is 0.133. The Hall–Kier alpha value is -3.29.